The topological polar surface area (TPSA) is 83.8 Å². The standard InChI is InChI=1S/C10H12N8/c1-3-11-15-13-9(1)17-5-7-18(8-6-17)10-2-4-12-16-14-10/h1-4H,5-8H2. The SMILES string of the molecule is c1cc(N2CCN(c3ccnnn3)CC2)nnn1. The van der Waals surface area contributed by atoms with Crippen LogP contribution in [0.1, 0.15) is 0 Å². The minimum absolute atomic E-state index is 0.866. The highest BCUT2D eigenvalue weighted by Gasteiger charge is 2.19. The van der Waals surface area contributed by atoms with Gasteiger partial charge in [0.2, 0.25) is 0 Å². The maximum atomic E-state index is 4.01. The van der Waals surface area contributed by atoms with Crippen molar-refractivity contribution in [3.63, 3.8) is 0 Å². The van der Waals surface area contributed by atoms with Crippen LogP contribution in [0.25, 0.3) is 0 Å². The van der Waals surface area contributed by atoms with Gasteiger partial charge in [0, 0.05) is 38.3 Å². The largest absolute Gasteiger partial charge is 0.351 e. The molecule has 0 aliphatic carbocycles. The Labute approximate surface area is 104 Å². The van der Waals surface area contributed by atoms with E-state index >= 15 is 0 Å². The van der Waals surface area contributed by atoms with Gasteiger partial charge in [-0.2, -0.15) is 0 Å². The number of hydrogen-bond donors (Lipinski definition) is 0. The van der Waals surface area contributed by atoms with Gasteiger partial charge in [0.1, 0.15) is 0 Å². The fraction of sp³-hybridized carbons (Fsp3) is 0.400. The molecule has 1 aliphatic heterocycles. The van der Waals surface area contributed by atoms with E-state index in [2.05, 4.69) is 40.6 Å². The molecule has 1 saturated heterocycles. The highest BCUT2D eigenvalue weighted by Crippen LogP contribution is 2.15. The van der Waals surface area contributed by atoms with Crippen molar-refractivity contribution in [1.29, 1.82) is 0 Å². The van der Waals surface area contributed by atoms with Gasteiger partial charge in [0.05, 0.1) is 12.4 Å². The molecule has 2 aromatic heterocycles. The van der Waals surface area contributed by atoms with Gasteiger partial charge in [-0.15, -0.1) is 20.4 Å². The predicted molar refractivity (Wildman–Crippen MR) is 64.1 cm³/mol. The van der Waals surface area contributed by atoms with Crippen LogP contribution in [0.4, 0.5) is 11.6 Å². The molecule has 0 spiro atoms. The molecular formula is C10H12N8. The summed E-state index contributed by atoms with van der Waals surface area (Å²) in [5.41, 5.74) is 0. The lowest BCUT2D eigenvalue weighted by Crippen LogP contribution is -2.47. The zero-order chi connectivity index (χ0) is 12.2. The molecule has 0 saturated carbocycles. The molecule has 0 radical (unpaired) electrons. The Bertz CT molecular complexity index is 434. The van der Waals surface area contributed by atoms with Crippen LogP contribution in [0.2, 0.25) is 0 Å². The Morgan fingerprint density at radius 1 is 0.722 bits per heavy atom. The second-order valence-corrected chi connectivity index (χ2v) is 3.93. The smallest absolute Gasteiger partial charge is 0.154 e. The summed E-state index contributed by atoms with van der Waals surface area (Å²) in [6.07, 6.45) is 3.31. The van der Waals surface area contributed by atoms with Gasteiger partial charge in [-0.1, -0.05) is 0 Å². The molecule has 0 unspecified atom stereocenters. The summed E-state index contributed by atoms with van der Waals surface area (Å²) < 4.78 is 0. The predicted octanol–water partition coefficient (Wildman–Crippen LogP) is -0.617. The van der Waals surface area contributed by atoms with Crippen LogP contribution >= 0.6 is 0 Å². The van der Waals surface area contributed by atoms with Crippen molar-refractivity contribution in [2.24, 2.45) is 0 Å². The van der Waals surface area contributed by atoms with Gasteiger partial charge in [-0.05, 0) is 10.4 Å². The molecule has 0 aromatic carbocycles. The molecule has 8 nitrogen and oxygen atoms in total. The first kappa shape index (κ1) is 10.8. The van der Waals surface area contributed by atoms with E-state index in [0.29, 0.717) is 0 Å². The summed E-state index contributed by atoms with van der Waals surface area (Å²) >= 11 is 0. The zero-order valence-corrected chi connectivity index (χ0v) is 9.72. The van der Waals surface area contributed by atoms with Crippen LogP contribution in [0.3, 0.4) is 0 Å². The summed E-state index contributed by atoms with van der Waals surface area (Å²) in [7, 11) is 0. The summed E-state index contributed by atoms with van der Waals surface area (Å²) in [5, 5.41) is 22.7. The van der Waals surface area contributed by atoms with E-state index in [1.54, 1.807) is 12.4 Å². The Hall–Kier alpha value is -2.38. The van der Waals surface area contributed by atoms with E-state index in [1.807, 2.05) is 12.1 Å². The van der Waals surface area contributed by atoms with Crippen LogP contribution in [0, 0.1) is 0 Å². The molecule has 0 atom stereocenters. The maximum absolute atomic E-state index is 4.01. The Balaban J connectivity index is 1.65. The normalized spacial score (nSPS) is 15.8. The lowest BCUT2D eigenvalue weighted by atomic mass is 10.3. The Kier molecular flexibility index (Phi) is 2.90. The van der Waals surface area contributed by atoms with Crippen LogP contribution in [0.5, 0.6) is 0 Å². The summed E-state index contributed by atoms with van der Waals surface area (Å²) in [4.78, 5) is 4.36. The van der Waals surface area contributed by atoms with E-state index < -0.39 is 0 Å². The third-order valence-corrected chi connectivity index (χ3v) is 2.91. The van der Waals surface area contributed by atoms with Crippen LogP contribution in [-0.2, 0) is 0 Å². The summed E-state index contributed by atoms with van der Waals surface area (Å²) in [5.74, 6) is 1.73. The van der Waals surface area contributed by atoms with Crippen molar-refractivity contribution >= 4 is 11.6 Å². The van der Waals surface area contributed by atoms with E-state index in [0.717, 1.165) is 37.8 Å². The maximum Gasteiger partial charge on any atom is 0.154 e. The second-order valence-electron chi connectivity index (χ2n) is 3.93. The first-order valence-corrected chi connectivity index (χ1v) is 5.72. The monoisotopic (exact) mass is 244 g/mol. The lowest BCUT2D eigenvalue weighted by Gasteiger charge is -2.35. The van der Waals surface area contributed by atoms with E-state index in [1.165, 1.54) is 0 Å². The van der Waals surface area contributed by atoms with Crippen LogP contribution in [0.15, 0.2) is 24.5 Å². The number of hydrogen-bond acceptors (Lipinski definition) is 8. The number of nitrogens with zero attached hydrogens (tertiary/aromatic N) is 8. The van der Waals surface area contributed by atoms with Crippen LogP contribution < -0.4 is 9.80 Å². The van der Waals surface area contributed by atoms with Crippen molar-refractivity contribution in [3.05, 3.63) is 24.5 Å². The van der Waals surface area contributed by atoms with Gasteiger partial charge < -0.3 is 9.80 Å². The molecule has 18 heavy (non-hydrogen) atoms. The van der Waals surface area contributed by atoms with Crippen molar-refractivity contribution in [2.75, 3.05) is 36.0 Å². The summed E-state index contributed by atoms with van der Waals surface area (Å²) in [6, 6.07) is 3.74. The number of aromatic nitrogens is 6. The molecule has 0 bridgehead atoms. The molecule has 1 aliphatic rings. The Morgan fingerprint density at radius 3 is 1.50 bits per heavy atom. The third kappa shape index (κ3) is 2.17. The highest BCUT2D eigenvalue weighted by molar-refractivity contribution is 5.42. The summed E-state index contributed by atoms with van der Waals surface area (Å²) in [6.45, 7) is 3.51. The van der Waals surface area contributed by atoms with Gasteiger partial charge in [0.25, 0.3) is 0 Å². The molecule has 0 amide bonds. The van der Waals surface area contributed by atoms with Gasteiger partial charge in [0.15, 0.2) is 11.6 Å². The third-order valence-electron chi connectivity index (χ3n) is 2.91. The van der Waals surface area contributed by atoms with E-state index in [9.17, 15) is 0 Å². The van der Waals surface area contributed by atoms with Crippen LogP contribution in [-0.4, -0.2) is 57.0 Å². The number of anilines is 2. The molecule has 2 aromatic rings. The minimum atomic E-state index is 0.866. The van der Waals surface area contributed by atoms with Gasteiger partial charge in [-0.25, -0.2) is 0 Å². The molecule has 3 rings (SSSR count). The fourth-order valence-corrected chi connectivity index (χ4v) is 1.97. The van der Waals surface area contributed by atoms with E-state index in [4.69, 9.17) is 0 Å². The van der Waals surface area contributed by atoms with Crippen molar-refractivity contribution < 1.29 is 0 Å². The Morgan fingerprint density at radius 2 is 1.17 bits per heavy atom. The van der Waals surface area contributed by atoms with Gasteiger partial charge in [-0.3, -0.25) is 0 Å². The van der Waals surface area contributed by atoms with Crippen molar-refractivity contribution in [2.45, 2.75) is 0 Å². The first-order chi connectivity index (χ1) is 8.93. The zero-order valence-electron chi connectivity index (χ0n) is 9.72. The molecule has 0 N–H and O–H groups in total. The average molecular weight is 244 g/mol. The van der Waals surface area contributed by atoms with Crippen molar-refractivity contribution in [1.82, 2.24) is 30.8 Å². The molecule has 3 heterocycles. The van der Waals surface area contributed by atoms with Crippen molar-refractivity contribution in [3.8, 4) is 0 Å². The van der Waals surface area contributed by atoms with E-state index in [-0.39, 0.29) is 0 Å². The molecule has 92 valence electrons. The fourth-order valence-electron chi connectivity index (χ4n) is 1.97. The molecule has 8 heteroatoms. The number of rotatable bonds is 2. The number of piperazine rings is 1. The molecule has 1 fully saturated rings. The second kappa shape index (κ2) is 4.86. The quantitative estimate of drug-likeness (QED) is 0.691. The molecular weight excluding hydrogens is 232 g/mol. The minimum Gasteiger partial charge on any atom is -0.351 e. The lowest BCUT2D eigenvalue weighted by molar-refractivity contribution is 0.628. The highest BCUT2D eigenvalue weighted by atomic mass is 15.4. The average Bonchev–Trinajstić information content (AvgIpc) is 2.49. The first-order valence-electron chi connectivity index (χ1n) is 5.72. The van der Waals surface area contributed by atoms with Gasteiger partial charge >= 0.3 is 0 Å².